The van der Waals surface area contributed by atoms with Crippen LogP contribution in [0.1, 0.15) is 40.1 Å². The topological polar surface area (TPSA) is 146 Å². The summed E-state index contributed by atoms with van der Waals surface area (Å²) in [6, 6.07) is 16.7. The van der Waals surface area contributed by atoms with Crippen molar-refractivity contribution in [3.8, 4) is 11.4 Å². The van der Waals surface area contributed by atoms with Gasteiger partial charge in [-0.2, -0.15) is 39.5 Å². The molecule has 0 aromatic carbocycles. The normalized spacial score (nSPS) is 12.0. The van der Waals surface area contributed by atoms with E-state index < -0.39 is 53.2 Å². The van der Waals surface area contributed by atoms with Crippen molar-refractivity contribution in [2.24, 2.45) is 0 Å². The van der Waals surface area contributed by atoms with Gasteiger partial charge in [-0.15, -0.1) is 34.0 Å². The fraction of sp³-hybridized carbons (Fsp3) is 0.139. The number of hydrogen-bond donors (Lipinski definition) is 0. The van der Waals surface area contributed by atoms with Gasteiger partial charge in [0, 0.05) is 12.4 Å². The molecule has 0 bridgehead atoms. The number of nitrogens with zero attached hydrogens (tertiary/aromatic N) is 2. The number of carbonyl (C=O) groups excluding carboxylic acids is 3. The first kappa shape index (κ1) is 51.0. The monoisotopic (exact) mass is 1000 g/mol. The number of pyridine rings is 2. The molecule has 5 heterocycles. The van der Waals surface area contributed by atoms with E-state index in [0.717, 1.165) is 45.4 Å². The molecule has 5 aromatic rings. The van der Waals surface area contributed by atoms with Gasteiger partial charge in [-0.3, -0.25) is 24.4 Å². The average Bonchev–Trinajstić information content (AvgIpc) is 3.93. The van der Waals surface area contributed by atoms with Gasteiger partial charge in [-0.1, -0.05) is 18.2 Å². The van der Waals surface area contributed by atoms with Crippen LogP contribution < -0.4 is 15.3 Å². The molecule has 5 rings (SSSR count). The third-order valence-corrected chi connectivity index (χ3v) is 8.66. The van der Waals surface area contributed by atoms with Gasteiger partial charge in [0.1, 0.15) is 0 Å². The van der Waals surface area contributed by atoms with E-state index in [1.165, 1.54) is 47.5 Å². The van der Waals surface area contributed by atoms with E-state index in [9.17, 15) is 69.2 Å². The Hall–Kier alpha value is -4.02. The molecule has 0 saturated heterocycles. The Morgan fingerprint density at radius 2 is 0.789 bits per heavy atom. The second-order valence-electron chi connectivity index (χ2n) is 10.5. The molecule has 0 radical (unpaired) electrons. The van der Waals surface area contributed by atoms with Crippen LogP contribution in [0.2, 0.25) is 0 Å². The fourth-order valence-corrected chi connectivity index (χ4v) is 5.33. The third kappa shape index (κ3) is 18.9. The van der Waals surface area contributed by atoms with Gasteiger partial charge in [0.05, 0.1) is 26.0 Å². The molecule has 302 valence electrons. The number of alkyl halides is 9. The van der Waals surface area contributed by atoms with Crippen molar-refractivity contribution in [3.05, 3.63) is 150 Å². The quantitative estimate of drug-likeness (QED) is 0.0691. The smallest absolute Gasteiger partial charge is 0.869 e. The number of halogens is 9. The molecule has 0 N–H and O–H groups in total. The molecule has 0 aliphatic carbocycles. The van der Waals surface area contributed by atoms with Gasteiger partial charge in [-0.05, 0) is 119 Å². The van der Waals surface area contributed by atoms with Crippen molar-refractivity contribution in [2.75, 3.05) is 0 Å². The molecule has 57 heavy (non-hydrogen) atoms. The van der Waals surface area contributed by atoms with Crippen molar-refractivity contribution >= 4 is 51.4 Å². The fourth-order valence-electron chi connectivity index (χ4n) is 3.42. The molecule has 0 spiro atoms. The molecule has 0 saturated carbocycles. The number of aryl methyl sites for hydroxylation is 2. The summed E-state index contributed by atoms with van der Waals surface area (Å²) in [5.41, 5.74) is 4.29. The Kier molecular flexibility index (Phi) is 20.9. The largest absolute Gasteiger partial charge is 3.00 e. The number of hydrogen-bond acceptors (Lipinski definition) is 11. The molecule has 0 unspecified atom stereocenters. The summed E-state index contributed by atoms with van der Waals surface area (Å²) in [7, 11) is 0. The van der Waals surface area contributed by atoms with Crippen LogP contribution in [-0.2, 0) is 0 Å². The number of ketones is 3. The standard InChI is InChI=1S/C12H12N2.3C8H5F3O2S.Eu/c1-9-3-5-13-11(7-9)12-8-10(2)4-6-14-12;3*9-8(10,11)7(13)4-5(12)6-2-1-3-14-6;/h3-8H,1-2H3;3*1-4,13H;/q;;;;+3/p-3/b;3*7-4-;. The first-order chi connectivity index (χ1) is 26.0. The zero-order valence-corrected chi connectivity index (χ0v) is 33.6. The molecular weight excluding hydrogens is 976 g/mol. The van der Waals surface area contributed by atoms with E-state index in [1.54, 1.807) is 16.1 Å². The van der Waals surface area contributed by atoms with Crippen molar-refractivity contribution in [2.45, 2.75) is 32.4 Å². The molecule has 0 fully saturated rings. The summed E-state index contributed by atoms with van der Waals surface area (Å²) in [6.45, 7) is 4.11. The summed E-state index contributed by atoms with van der Waals surface area (Å²) >= 11 is 2.95. The third-order valence-electron chi connectivity index (χ3n) is 6.01. The molecule has 8 nitrogen and oxygen atoms in total. The predicted molar refractivity (Wildman–Crippen MR) is 185 cm³/mol. The van der Waals surface area contributed by atoms with Crippen molar-refractivity contribution in [1.82, 2.24) is 9.97 Å². The maximum Gasteiger partial charge on any atom is 3.00 e. The van der Waals surface area contributed by atoms with Crippen LogP contribution in [0.3, 0.4) is 0 Å². The second kappa shape index (κ2) is 23.4. The van der Waals surface area contributed by atoms with E-state index in [0.29, 0.717) is 0 Å². The van der Waals surface area contributed by atoms with Gasteiger partial charge in [0.25, 0.3) is 0 Å². The van der Waals surface area contributed by atoms with E-state index in [-0.39, 0.29) is 82.2 Å². The number of aromatic nitrogens is 2. The maximum atomic E-state index is 11.7. The SMILES string of the molecule is Cc1ccnc(-c2cc(C)ccn2)c1.O=C(/C=C(\[O-])C(F)(F)F)c1cccs1.O=C(/C=C(\[O-])C(F)(F)F)c1cccs1.O=C(/C=C(\[O-])C(F)(F)F)c1cccs1.[Eu+3]. The van der Waals surface area contributed by atoms with Crippen LogP contribution in [0.15, 0.2) is 125 Å². The van der Waals surface area contributed by atoms with Gasteiger partial charge in [-0.25, -0.2) is 0 Å². The van der Waals surface area contributed by atoms with Crippen molar-refractivity contribution in [1.29, 1.82) is 0 Å². The van der Waals surface area contributed by atoms with Gasteiger partial charge in [0.2, 0.25) is 0 Å². The average molecular weight is 1000 g/mol. The summed E-state index contributed by atoms with van der Waals surface area (Å²) in [5.74, 6) is -9.13. The Labute approximate surface area is 370 Å². The van der Waals surface area contributed by atoms with Crippen LogP contribution >= 0.6 is 34.0 Å². The van der Waals surface area contributed by atoms with E-state index in [2.05, 4.69) is 23.8 Å². The summed E-state index contributed by atoms with van der Waals surface area (Å²) < 4.78 is 105. The van der Waals surface area contributed by atoms with Crippen molar-refractivity contribution < 1.29 is 119 Å². The molecular formula is C36H24EuF9N2O6S3. The second-order valence-corrected chi connectivity index (χ2v) is 13.3. The molecule has 21 heteroatoms. The van der Waals surface area contributed by atoms with Crippen LogP contribution in [-0.4, -0.2) is 45.8 Å². The molecule has 0 aliphatic heterocycles. The minimum atomic E-state index is -4.98. The Balaban J connectivity index is 0.000000378. The molecule has 5 aromatic heterocycles. The molecule has 0 amide bonds. The Bertz CT molecular complexity index is 1910. The minimum Gasteiger partial charge on any atom is -0.869 e. The van der Waals surface area contributed by atoms with Crippen molar-refractivity contribution in [3.63, 3.8) is 0 Å². The number of thiophene rings is 3. The van der Waals surface area contributed by atoms with Gasteiger partial charge in [0.15, 0.2) is 17.3 Å². The van der Waals surface area contributed by atoms with Crippen LogP contribution in [0.25, 0.3) is 11.4 Å². The first-order valence-corrected chi connectivity index (χ1v) is 17.6. The number of rotatable bonds is 7. The van der Waals surface area contributed by atoms with Crippen LogP contribution in [0, 0.1) is 63.2 Å². The summed E-state index contributed by atoms with van der Waals surface area (Å²) in [5, 5.41) is 35.7. The van der Waals surface area contributed by atoms with Crippen LogP contribution in [0.5, 0.6) is 0 Å². The first-order valence-electron chi connectivity index (χ1n) is 15.0. The predicted octanol–water partition coefficient (Wildman–Crippen LogP) is 7.97. The molecule has 0 atom stereocenters. The number of allylic oxidation sites excluding steroid dienone is 6. The zero-order chi connectivity index (χ0) is 42.3. The Morgan fingerprint density at radius 3 is 0.982 bits per heavy atom. The van der Waals surface area contributed by atoms with Gasteiger partial charge >= 0.3 is 67.9 Å². The van der Waals surface area contributed by atoms with E-state index in [4.69, 9.17) is 0 Å². The van der Waals surface area contributed by atoms with Crippen LogP contribution in [0.4, 0.5) is 39.5 Å². The minimum absolute atomic E-state index is 0. The summed E-state index contributed by atoms with van der Waals surface area (Å²) in [4.78, 5) is 41.9. The maximum absolute atomic E-state index is 11.7. The van der Waals surface area contributed by atoms with E-state index >= 15 is 0 Å². The summed E-state index contributed by atoms with van der Waals surface area (Å²) in [6.07, 6.45) is -11.1. The zero-order valence-electron chi connectivity index (χ0n) is 28.7. The Morgan fingerprint density at radius 1 is 0.526 bits per heavy atom. The molecule has 0 aliphatic rings. The van der Waals surface area contributed by atoms with E-state index in [1.807, 2.05) is 36.7 Å². The number of carbonyl (C=O) groups is 3. The van der Waals surface area contributed by atoms with Gasteiger partial charge < -0.3 is 15.3 Å².